The van der Waals surface area contributed by atoms with Crippen LogP contribution in [0.3, 0.4) is 0 Å². The van der Waals surface area contributed by atoms with Crippen molar-refractivity contribution in [1.82, 2.24) is 0 Å². The third-order valence-corrected chi connectivity index (χ3v) is 2.69. The molecule has 0 bridgehead atoms. The second-order valence-corrected chi connectivity index (χ2v) is 4.31. The summed E-state index contributed by atoms with van der Waals surface area (Å²) in [5.41, 5.74) is -0.679. The molecule has 0 spiro atoms. The summed E-state index contributed by atoms with van der Waals surface area (Å²) in [4.78, 5) is 22.2. The second-order valence-electron chi connectivity index (χ2n) is 4.31. The highest BCUT2D eigenvalue weighted by molar-refractivity contribution is 5.86. The molecule has 2 rings (SSSR count). The first-order valence-electron chi connectivity index (χ1n) is 6.49. The summed E-state index contributed by atoms with van der Waals surface area (Å²) in [6, 6.07) is 4.21. The number of allylic oxidation sites excluding steroid dienone is 1. The average Bonchev–Trinajstić information content (AvgIpc) is 2.49. The summed E-state index contributed by atoms with van der Waals surface area (Å²) >= 11 is 0. The van der Waals surface area contributed by atoms with E-state index in [-0.39, 0.29) is 22.5 Å². The molecule has 1 aromatic heterocycles. The van der Waals surface area contributed by atoms with Crippen LogP contribution in [-0.2, 0) is 4.79 Å². The molecule has 0 atom stereocenters. The zero-order valence-corrected chi connectivity index (χ0v) is 11.7. The molecule has 0 amide bonds. The largest absolute Gasteiger partial charge is 0.504 e. The Bertz CT molecular complexity index is 773. The van der Waals surface area contributed by atoms with Crippen molar-refractivity contribution in [1.29, 1.82) is 0 Å². The van der Waals surface area contributed by atoms with E-state index in [9.17, 15) is 14.7 Å². The fourth-order valence-corrected chi connectivity index (χ4v) is 1.70. The summed E-state index contributed by atoms with van der Waals surface area (Å²) in [7, 11) is 0. The maximum absolute atomic E-state index is 11.8. The standard InChI is InChI=1S/C15H14O7/c1-2-3-6-20-14-13(18)10-7-9(21-8-12(16)17)4-5-11(10)22-15(14)19/h3-7,18H,2,8H2,1H3,(H,16,17)/b6-3+. The first kappa shape index (κ1) is 15.4. The molecule has 2 aromatic rings. The van der Waals surface area contributed by atoms with Crippen molar-refractivity contribution in [3.05, 3.63) is 41.0 Å². The topological polar surface area (TPSA) is 106 Å². The van der Waals surface area contributed by atoms with Crippen LogP contribution in [-0.4, -0.2) is 22.8 Å². The monoisotopic (exact) mass is 306 g/mol. The van der Waals surface area contributed by atoms with E-state index in [1.807, 2.05) is 6.92 Å². The molecule has 0 aliphatic heterocycles. The number of carboxylic acids is 1. The fraction of sp³-hybridized carbons (Fsp3) is 0.200. The molecule has 1 heterocycles. The lowest BCUT2D eigenvalue weighted by molar-refractivity contribution is -0.139. The molecule has 2 N–H and O–H groups in total. The van der Waals surface area contributed by atoms with Crippen LogP contribution < -0.4 is 15.1 Å². The predicted molar refractivity (Wildman–Crippen MR) is 77.3 cm³/mol. The van der Waals surface area contributed by atoms with Crippen molar-refractivity contribution in [2.75, 3.05) is 6.61 Å². The Morgan fingerprint density at radius 2 is 2.18 bits per heavy atom. The number of fused-ring (bicyclic) bond motifs is 1. The minimum Gasteiger partial charge on any atom is -0.504 e. The van der Waals surface area contributed by atoms with Crippen LogP contribution in [0.2, 0.25) is 0 Å². The van der Waals surface area contributed by atoms with E-state index >= 15 is 0 Å². The summed E-state index contributed by atoms with van der Waals surface area (Å²) < 4.78 is 15.1. The van der Waals surface area contributed by atoms with Gasteiger partial charge < -0.3 is 24.1 Å². The van der Waals surface area contributed by atoms with Crippen LogP contribution in [0, 0.1) is 0 Å². The Hall–Kier alpha value is -2.96. The van der Waals surface area contributed by atoms with E-state index in [0.29, 0.717) is 6.42 Å². The number of hydrogen-bond acceptors (Lipinski definition) is 6. The number of hydrogen-bond donors (Lipinski definition) is 2. The van der Waals surface area contributed by atoms with Gasteiger partial charge in [0.1, 0.15) is 11.3 Å². The van der Waals surface area contributed by atoms with Gasteiger partial charge in [-0.25, -0.2) is 9.59 Å². The van der Waals surface area contributed by atoms with Gasteiger partial charge in [-0.15, -0.1) is 0 Å². The van der Waals surface area contributed by atoms with Gasteiger partial charge in [0.2, 0.25) is 0 Å². The van der Waals surface area contributed by atoms with Crippen LogP contribution in [0.1, 0.15) is 13.3 Å². The van der Waals surface area contributed by atoms with Gasteiger partial charge in [0.25, 0.3) is 5.75 Å². The minimum atomic E-state index is -1.13. The molecule has 0 radical (unpaired) electrons. The van der Waals surface area contributed by atoms with Gasteiger partial charge in [-0.1, -0.05) is 6.92 Å². The van der Waals surface area contributed by atoms with E-state index in [4.69, 9.17) is 19.0 Å². The Labute approximate surface area is 125 Å². The molecule has 0 saturated carbocycles. The molecule has 22 heavy (non-hydrogen) atoms. The highest BCUT2D eigenvalue weighted by atomic mass is 16.5. The summed E-state index contributed by atoms with van der Waals surface area (Å²) in [6.45, 7) is 1.36. The molecular weight excluding hydrogens is 292 g/mol. The smallest absolute Gasteiger partial charge is 0.383 e. The number of rotatable bonds is 6. The molecule has 0 aliphatic carbocycles. The Morgan fingerprint density at radius 3 is 2.86 bits per heavy atom. The first-order chi connectivity index (χ1) is 10.5. The van der Waals surface area contributed by atoms with E-state index < -0.39 is 24.0 Å². The molecule has 7 nitrogen and oxygen atoms in total. The number of aliphatic carboxylic acids is 1. The van der Waals surface area contributed by atoms with Crippen LogP contribution in [0.15, 0.2) is 39.7 Å². The van der Waals surface area contributed by atoms with Crippen molar-refractivity contribution >= 4 is 16.9 Å². The molecule has 0 fully saturated rings. The van der Waals surface area contributed by atoms with Gasteiger partial charge in [-0.3, -0.25) is 0 Å². The molecule has 0 unspecified atom stereocenters. The zero-order chi connectivity index (χ0) is 16.1. The second kappa shape index (κ2) is 6.66. The number of ether oxygens (including phenoxy) is 2. The Morgan fingerprint density at radius 1 is 1.41 bits per heavy atom. The normalized spacial score (nSPS) is 11.0. The van der Waals surface area contributed by atoms with E-state index in [1.54, 1.807) is 6.08 Å². The zero-order valence-electron chi connectivity index (χ0n) is 11.7. The minimum absolute atomic E-state index is 0.136. The van der Waals surface area contributed by atoms with Gasteiger partial charge in [0.15, 0.2) is 12.4 Å². The lowest BCUT2D eigenvalue weighted by Crippen LogP contribution is -2.09. The maximum atomic E-state index is 11.8. The van der Waals surface area contributed by atoms with E-state index in [1.165, 1.54) is 24.5 Å². The third-order valence-electron chi connectivity index (χ3n) is 2.69. The van der Waals surface area contributed by atoms with Gasteiger partial charge in [0.05, 0.1) is 11.6 Å². The quantitative estimate of drug-likeness (QED) is 0.622. The maximum Gasteiger partial charge on any atom is 0.383 e. The lowest BCUT2D eigenvalue weighted by atomic mass is 10.2. The summed E-state index contributed by atoms with van der Waals surface area (Å²) in [6.07, 6.45) is 3.64. The van der Waals surface area contributed by atoms with Crippen molar-refractivity contribution < 1.29 is 28.9 Å². The van der Waals surface area contributed by atoms with E-state index in [0.717, 1.165) is 0 Å². The van der Waals surface area contributed by atoms with Crippen molar-refractivity contribution in [3.8, 4) is 17.2 Å². The SMILES string of the molecule is CC/C=C/Oc1c(O)c2cc(OCC(=O)O)ccc2oc1=O. The first-order valence-corrected chi connectivity index (χ1v) is 6.49. The van der Waals surface area contributed by atoms with Gasteiger partial charge >= 0.3 is 11.6 Å². The number of carbonyl (C=O) groups is 1. The predicted octanol–water partition coefficient (Wildman–Crippen LogP) is 2.26. The van der Waals surface area contributed by atoms with Crippen molar-refractivity contribution in [3.63, 3.8) is 0 Å². The molecule has 0 aliphatic rings. The van der Waals surface area contributed by atoms with Crippen LogP contribution >= 0.6 is 0 Å². The van der Waals surface area contributed by atoms with E-state index in [2.05, 4.69) is 0 Å². The summed E-state index contributed by atoms with van der Waals surface area (Å²) in [5.74, 6) is -1.65. The van der Waals surface area contributed by atoms with Crippen molar-refractivity contribution in [2.24, 2.45) is 0 Å². The summed E-state index contributed by atoms with van der Waals surface area (Å²) in [5, 5.41) is 18.9. The molecule has 1 aromatic carbocycles. The Balaban J connectivity index is 2.43. The number of carboxylic acid groups (broad SMARTS) is 1. The number of benzene rings is 1. The van der Waals surface area contributed by atoms with Crippen LogP contribution in [0.25, 0.3) is 11.0 Å². The molecular formula is C15H14O7. The van der Waals surface area contributed by atoms with Crippen molar-refractivity contribution in [2.45, 2.75) is 13.3 Å². The van der Waals surface area contributed by atoms with Crippen LogP contribution in [0.4, 0.5) is 0 Å². The average molecular weight is 306 g/mol. The highest BCUT2D eigenvalue weighted by Crippen LogP contribution is 2.33. The lowest BCUT2D eigenvalue weighted by Gasteiger charge is -2.07. The fourth-order valence-electron chi connectivity index (χ4n) is 1.70. The Kier molecular flexibility index (Phi) is 4.67. The third kappa shape index (κ3) is 3.38. The molecule has 7 heteroatoms. The van der Waals surface area contributed by atoms with Gasteiger partial charge in [-0.2, -0.15) is 0 Å². The highest BCUT2D eigenvalue weighted by Gasteiger charge is 2.15. The van der Waals surface area contributed by atoms with Gasteiger partial charge in [0, 0.05) is 0 Å². The van der Waals surface area contributed by atoms with Gasteiger partial charge in [-0.05, 0) is 30.7 Å². The molecule has 0 saturated heterocycles. The molecule has 116 valence electrons. The van der Waals surface area contributed by atoms with Crippen LogP contribution in [0.5, 0.6) is 17.2 Å². The number of aromatic hydroxyl groups is 1.